The first-order valence-corrected chi connectivity index (χ1v) is 7.55. The van der Waals surface area contributed by atoms with Gasteiger partial charge in [-0.15, -0.1) is 0 Å². The van der Waals surface area contributed by atoms with Crippen LogP contribution in [0.3, 0.4) is 0 Å². The number of hydrogen-bond acceptors (Lipinski definition) is 4. The lowest BCUT2D eigenvalue weighted by Gasteiger charge is -2.24. The largest absolute Gasteiger partial charge is 0.478 e. The normalized spacial score (nSPS) is 16.7. The monoisotopic (exact) mass is 314 g/mol. The van der Waals surface area contributed by atoms with Crippen LogP contribution in [0.2, 0.25) is 0 Å². The van der Waals surface area contributed by atoms with Gasteiger partial charge in [0.2, 0.25) is 0 Å². The Morgan fingerprint density at radius 2 is 2.30 bits per heavy atom. The van der Waals surface area contributed by atoms with Crippen LogP contribution in [0.4, 0.5) is 0 Å². The van der Waals surface area contributed by atoms with Gasteiger partial charge < -0.3 is 10.4 Å². The van der Waals surface area contributed by atoms with E-state index in [0.29, 0.717) is 6.54 Å². The summed E-state index contributed by atoms with van der Waals surface area (Å²) in [6.07, 6.45) is 5.99. The second-order valence-electron chi connectivity index (χ2n) is 5.68. The summed E-state index contributed by atoms with van der Waals surface area (Å²) in [6, 6.07) is 3.99. The molecule has 0 radical (unpaired) electrons. The first kappa shape index (κ1) is 15.2. The van der Waals surface area contributed by atoms with E-state index in [4.69, 9.17) is 5.11 Å². The van der Waals surface area contributed by atoms with Crippen LogP contribution in [0.15, 0.2) is 24.5 Å². The predicted molar refractivity (Wildman–Crippen MR) is 82.4 cm³/mol. The van der Waals surface area contributed by atoms with Crippen molar-refractivity contribution in [3.63, 3.8) is 0 Å². The van der Waals surface area contributed by atoms with Crippen LogP contribution in [0, 0.1) is 0 Å². The maximum absolute atomic E-state index is 12.4. The summed E-state index contributed by atoms with van der Waals surface area (Å²) in [5, 5.41) is 15.8. The van der Waals surface area contributed by atoms with Crippen molar-refractivity contribution in [2.45, 2.75) is 25.2 Å². The molecule has 0 saturated carbocycles. The van der Waals surface area contributed by atoms with E-state index in [-0.39, 0.29) is 17.2 Å². The molecule has 0 saturated heterocycles. The Labute approximate surface area is 133 Å². The van der Waals surface area contributed by atoms with E-state index >= 15 is 0 Å². The molecule has 2 heterocycles. The third kappa shape index (κ3) is 2.94. The molecular formula is C16H18N4O3. The summed E-state index contributed by atoms with van der Waals surface area (Å²) in [7, 11) is 1.55. The number of aromatic nitrogens is 3. The minimum atomic E-state index is -1.16. The minimum Gasteiger partial charge on any atom is -0.478 e. The van der Waals surface area contributed by atoms with Crippen LogP contribution >= 0.6 is 0 Å². The Morgan fingerprint density at radius 3 is 3.09 bits per heavy atom. The fourth-order valence-corrected chi connectivity index (χ4v) is 3.07. The molecule has 1 aliphatic rings. The van der Waals surface area contributed by atoms with E-state index in [1.165, 1.54) is 16.4 Å². The van der Waals surface area contributed by atoms with E-state index in [1.807, 2.05) is 6.07 Å². The van der Waals surface area contributed by atoms with Gasteiger partial charge in [-0.25, -0.2) is 4.79 Å². The van der Waals surface area contributed by atoms with E-state index < -0.39 is 11.9 Å². The van der Waals surface area contributed by atoms with Crippen LogP contribution in [-0.4, -0.2) is 38.3 Å². The van der Waals surface area contributed by atoms with Crippen LogP contribution in [0.5, 0.6) is 0 Å². The Balaban J connectivity index is 1.74. The van der Waals surface area contributed by atoms with Crippen LogP contribution in [0.25, 0.3) is 0 Å². The second-order valence-corrected chi connectivity index (χ2v) is 5.68. The van der Waals surface area contributed by atoms with E-state index in [9.17, 15) is 9.59 Å². The molecule has 1 aliphatic carbocycles. The molecule has 3 rings (SSSR count). The number of nitrogens with zero attached hydrogens (tertiary/aromatic N) is 3. The lowest BCUT2D eigenvalue weighted by molar-refractivity contribution is 0.0690. The summed E-state index contributed by atoms with van der Waals surface area (Å²) < 4.78 is 1.28. The number of carboxylic acids is 1. The topological polar surface area (TPSA) is 97.1 Å². The Morgan fingerprint density at radius 1 is 1.48 bits per heavy atom. The SMILES string of the molecule is Cn1ncc(C(=O)O)c1C(=O)NCC1CCCc2cccnc21. The molecule has 2 N–H and O–H groups in total. The van der Waals surface area contributed by atoms with Gasteiger partial charge in [0.15, 0.2) is 0 Å². The summed E-state index contributed by atoms with van der Waals surface area (Å²) >= 11 is 0. The zero-order chi connectivity index (χ0) is 16.4. The van der Waals surface area contributed by atoms with Gasteiger partial charge in [-0.05, 0) is 30.9 Å². The smallest absolute Gasteiger partial charge is 0.339 e. The number of amides is 1. The van der Waals surface area contributed by atoms with Crippen LogP contribution in [-0.2, 0) is 13.5 Å². The molecule has 1 atom stereocenters. The Kier molecular flexibility index (Phi) is 4.10. The molecule has 0 aliphatic heterocycles. The number of aryl methyl sites for hydroxylation is 2. The van der Waals surface area contributed by atoms with Gasteiger partial charge >= 0.3 is 5.97 Å². The van der Waals surface area contributed by atoms with Gasteiger partial charge in [0.25, 0.3) is 5.91 Å². The van der Waals surface area contributed by atoms with Gasteiger partial charge in [0.05, 0.1) is 6.20 Å². The lowest BCUT2D eigenvalue weighted by atomic mass is 9.86. The molecule has 0 bridgehead atoms. The first-order valence-electron chi connectivity index (χ1n) is 7.55. The van der Waals surface area contributed by atoms with Crippen molar-refractivity contribution in [3.8, 4) is 0 Å². The van der Waals surface area contributed by atoms with Gasteiger partial charge in [0, 0.05) is 31.4 Å². The van der Waals surface area contributed by atoms with Crippen LogP contribution < -0.4 is 5.32 Å². The van der Waals surface area contributed by atoms with Crippen molar-refractivity contribution >= 4 is 11.9 Å². The van der Waals surface area contributed by atoms with E-state index in [1.54, 1.807) is 13.2 Å². The van der Waals surface area contributed by atoms with E-state index in [0.717, 1.165) is 25.0 Å². The molecule has 7 nitrogen and oxygen atoms in total. The maximum atomic E-state index is 12.4. The molecule has 23 heavy (non-hydrogen) atoms. The average Bonchev–Trinajstić information content (AvgIpc) is 2.94. The number of aromatic carboxylic acids is 1. The number of carbonyl (C=O) groups is 2. The van der Waals surface area contributed by atoms with Gasteiger partial charge in [-0.1, -0.05) is 6.07 Å². The number of fused-ring (bicyclic) bond motifs is 1. The molecule has 7 heteroatoms. The average molecular weight is 314 g/mol. The minimum absolute atomic E-state index is 0.0644. The van der Waals surface area contributed by atoms with Gasteiger partial charge in [-0.2, -0.15) is 5.10 Å². The quantitative estimate of drug-likeness (QED) is 0.888. The van der Waals surface area contributed by atoms with Gasteiger partial charge in [0.1, 0.15) is 11.3 Å². The fraction of sp³-hybridized carbons (Fsp3) is 0.375. The summed E-state index contributed by atoms with van der Waals surface area (Å²) in [6.45, 7) is 0.438. The summed E-state index contributed by atoms with van der Waals surface area (Å²) in [5.74, 6) is -1.43. The molecule has 0 fully saturated rings. The molecule has 2 aromatic rings. The second kappa shape index (κ2) is 6.20. The summed E-state index contributed by atoms with van der Waals surface area (Å²) in [4.78, 5) is 28.0. The predicted octanol–water partition coefficient (Wildman–Crippen LogP) is 1.36. The van der Waals surface area contributed by atoms with Crippen LogP contribution in [0.1, 0.15) is 50.9 Å². The molecular weight excluding hydrogens is 296 g/mol. The zero-order valence-electron chi connectivity index (χ0n) is 12.8. The third-order valence-electron chi connectivity index (χ3n) is 4.20. The Hall–Kier alpha value is -2.70. The summed E-state index contributed by atoms with van der Waals surface area (Å²) in [5.41, 5.74) is 2.23. The van der Waals surface area contributed by atoms with Crippen molar-refractivity contribution in [1.82, 2.24) is 20.1 Å². The van der Waals surface area contributed by atoms with Crippen molar-refractivity contribution in [2.24, 2.45) is 7.05 Å². The fourth-order valence-electron chi connectivity index (χ4n) is 3.07. The van der Waals surface area contributed by atoms with Crippen molar-refractivity contribution in [3.05, 3.63) is 47.0 Å². The number of pyridine rings is 1. The first-order chi connectivity index (χ1) is 11.1. The van der Waals surface area contributed by atoms with E-state index in [2.05, 4.69) is 21.5 Å². The third-order valence-corrected chi connectivity index (χ3v) is 4.20. The molecule has 1 amide bonds. The number of rotatable bonds is 4. The van der Waals surface area contributed by atoms with Crippen molar-refractivity contribution in [1.29, 1.82) is 0 Å². The maximum Gasteiger partial charge on any atom is 0.339 e. The standard InChI is InChI=1S/C16H18N4O3/c1-20-14(12(9-19-20)16(22)23)15(21)18-8-11-5-2-4-10-6-3-7-17-13(10)11/h3,6-7,9,11H,2,4-5,8H2,1H3,(H,18,21)(H,22,23). The van der Waals surface area contributed by atoms with Crippen molar-refractivity contribution < 1.29 is 14.7 Å². The highest BCUT2D eigenvalue weighted by Crippen LogP contribution is 2.29. The highest BCUT2D eigenvalue weighted by atomic mass is 16.4. The highest BCUT2D eigenvalue weighted by molar-refractivity contribution is 6.03. The highest BCUT2D eigenvalue weighted by Gasteiger charge is 2.25. The van der Waals surface area contributed by atoms with Gasteiger partial charge in [-0.3, -0.25) is 14.5 Å². The van der Waals surface area contributed by atoms with Crippen molar-refractivity contribution in [2.75, 3.05) is 6.54 Å². The molecule has 0 aromatic carbocycles. The number of carbonyl (C=O) groups excluding carboxylic acids is 1. The molecule has 120 valence electrons. The number of carboxylic acid groups (broad SMARTS) is 1. The molecule has 2 aromatic heterocycles. The zero-order valence-corrected chi connectivity index (χ0v) is 12.8. The number of nitrogens with one attached hydrogen (secondary N) is 1. The lowest BCUT2D eigenvalue weighted by Crippen LogP contribution is -2.32. The Bertz CT molecular complexity index is 754. The number of hydrogen-bond donors (Lipinski definition) is 2. The molecule has 1 unspecified atom stereocenters. The molecule has 0 spiro atoms.